The number of rotatable bonds is 0. The van der Waals surface area contributed by atoms with Gasteiger partial charge < -0.3 is 0 Å². The van der Waals surface area contributed by atoms with Crippen LogP contribution >= 0.6 is 0 Å². The standard InChI is InChI=1S/C14H23/c1-10-8-12-6-5-7-14(3,4)13(12)9-11(10)2/h9-10,12H,5-8H2,1-4H3. The van der Waals surface area contributed by atoms with E-state index >= 15 is 0 Å². The molecule has 0 aromatic heterocycles. The second-order valence-electron chi connectivity index (χ2n) is 5.95. The molecule has 2 atom stereocenters. The molecular formula is C14H23. The van der Waals surface area contributed by atoms with Gasteiger partial charge in [0.25, 0.3) is 0 Å². The number of allylic oxidation sites excluding steroid dienone is 2. The normalized spacial score (nSPS) is 37.6. The molecule has 2 aliphatic carbocycles. The van der Waals surface area contributed by atoms with Crippen molar-refractivity contribution in [1.29, 1.82) is 0 Å². The van der Waals surface area contributed by atoms with Gasteiger partial charge in [0.2, 0.25) is 0 Å². The quantitative estimate of drug-likeness (QED) is 0.533. The monoisotopic (exact) mass is 191 g/mol. The zero-order valence-corrected chi connectivity index (χ0v) is 10.1. The predicted octanol–water partition coefficient (Wildman–Crippen LogP) is 4.37. The lowest BCUT2D eigenvalue weighted by Gasteiger charge is -2.44. The summed E-state index contributed by atoms with van der Waals surface area (Å²) in [6.45, 7) is 9.53. The van der Waals surface area contributed by atoms with Crippen molar-refractivity contribution in [2.45, 2.75) is 53.4 Å². The lowest BCUT2D eigenvalue weighted by molar-refractivity contribution is 0.243. The van der Waals surface area contributed by atoms with Crippen LogP contribution < -0.4 is 0 Å². The molecule has 0 bridgehead atoms. The van der Waals surface area contributed by atoms with Crippen LogP contribution in [0.4, 0.5) is 0 Å². The van der Waals surface area contributed by atoms with Crippen LogP contribution in [-0.2, 0) is 0 Å². The second kappa shape index (κ2) is 3.40. The molecule has 0 nitrogen and oxygen atoms in total. The maximum atomic E-state index is 2.51. The van der Waals surface area contributed by atoms with Crippen LogP contribution in [0, 0.1) is 23.2 Å². The lowest BCUT2D eigenvalue weighted by Crippen LogP contribution is -2.31. The van der Waals surface area contributed by atoms with E-state index in [-0.39, 0.29) is 0 Å². The van der Waals surface area contributed by atoms with Crippen LogP contribution in [0.5, 0.6) is 0 Å². The highest BCUT2D eigenvalue weighted by molar-refractivity contribution is 5.29. The third-order valence-corrected chi connectivity index (χ3v) is 4.37. The SMILES string of the molecule is C[C]1C=C2C(CCCC2(C)C)CC1C. The largest absolute Gasteiger partial charge is 0.0774 e. The summed E-state index contributed by atoms with van der Waals surface area (Å²) in [6, 6.07) is 0. The number of hydrogen-bond acceptors (Lipinski definition) is 0. The van der Waals surface area contributed by atoms with Gasteiger partial charge in [-0.1, -0.05) is 45.8 Å². The van der Waals surface area contributed by atoms with Crippen LogP contribution in [0.3, 0.4) is 0 Å². The summed E-state index contributed by atoms with van der Waals surface area (Å²) in [5, 5.41) is 0. The molecule has 0 heterocycles. The van der Waals surface area contributed by atoms with Crippen LogP contribution in [-0.4, -0.2) is 0 Å². The maximum absolute atomic E-state index is 2.51. The topological polar surface area (TPSA) is 0 Å². The van der Waals surface area contributed by atoms with Crippen molar-refractivity contribution in [3.8, 4) is 0 Å². The van der Waals surface area contributed by atoms with Crippen LogP contribution in [0.25, 0.3) is 0 Å². The summed E-state index contributed by atoms with van der Waals surface area (Å²) >= 11 is 0. The Morgan fingerprint density at radius 3 is 2.79 bits per heavy atom. The molecule has 2 aliphatic rings. The maximum Gasteiger partial charge on any atom is -0.00268 e. The van der Waals surface area contributed by atoms with Gasteiger partial charge in [0.15, 0.2) is 0 Å². The summed E-state index contributed by atoms with van der Waals surface area (Å²) < 4.78 is 0. The Hall–Kier alpha value is -0.260. The third kappa shape index (κ3) is 1.64. The van der Waals surface area contributed by atoms with Gasteiger partial charge in [-0.2, -0.15) is 0 Å². The zero-order chi connectivity index (χ0) is 10.3. The van der Waals surface area contributed by atoms with E-state index in [0.717, 1.165) is 11.8 Å². The molecule has 79 valence electrons. The Balaban J connectivity index is 2.28. The molecule has 14 heavy (non-hydrogen) atoms. The summed E-state index contributed by atoms with van der Waals surface area (Å²) in [5.74, 6) is 3.32. The lowest BCUT2D eigenvalue weighted by atomic mass is 9.61. The predicted molar refractivity (Wildman–Crippen MR) is 61.9 cm³/mol. The molecule has 0 spiro atoms. The van der Waals surface area contributed by atoms with Crippen molar-refractivity contribution in [3.63, 3.8) is 0 Å². The summed E-state index contributed by atoms with van der Waals surface area (Å²) in [7, 11) is 0. The van der Waals surface area contributed by atoms with Crippen molar-refractivity contribution >= 4 is 0 Å². The van der Waals surface area contributed by atoms with Gasteiger partial charge in [-0.3, -0.25) is 0 Å². The average Bonchev–Trinajstić information content (AvgIpc) is 2.08. The second-order valence-corrected chi connectivity index (χ2v) is 5.95. The van der Waals surface area contributed by atoms with Crippen molar-refractivity contribution in [2.24, 2.45) is 17.3 Å². The van der Waals surface area contributed by atoms with E-state index in [1.54, 1.807) is 11.5 Å². The number of fused-ring (bicyclic) bond motifs is 1. The van der Waals surface area contributed by atoms with E-state index in [0.29, 0.717) is 5.41 Å². The molecule has 0 aromatic carbocycles. The Labute approximate surface area is 88.8 Å². The Kier molecular flexibility index (Phi) is 2.49. The van der Waals surface area contributed by atoms with Gasteiger partial charge in [0.1, 0.15) is 0 Å². The summed E-state index contributed by atoms with van der Waals surface area (Å²) in [5.41, 5.74) is 2.23. The molecule has 1 fully saturated rings. The fourth-order valence-electron chi connectivity index (χ4n) is 3.20. The van der Waals surface area contributed by atoms with Gasteiger partial charge in [-0.25, -0.2) is 0 Å². The first-order valence-electron chi connectivity index (χ1n) is 6.06. The van der Waals surface area contributed by atoms with Crippen LogP contribution in [0.15, 0.2) is 11.6 Å². The van der Waals surface area contributed by atoms with E-state index in [4.69, 9.17) is 0 Å². The molecule has 2 unspecified atom stereocenters. The van der Waals surface area contributed by atoms with Crippen LogP contribution in [0.1, 0.15) is 53.4 Å². The molecule has 0 aliphatic heterocycles. The molecule has 2 rings (SSSR count). The number of hydrogen-bond donors (Lipinski definition) is 0. The molecule has 0 aromatic rings. The van der Waals surface area contributed by atoms with E-state index < -0.39 is 0 Å². The third-order valence-electron chi connectivity index (χ3n) is 4.37. The minimum Gasteiger partial charge on any atom is -0.0774 e. The molecule has 0 heteroatoms. The molecule has 0 N–H and O–H groups in total. The highest BCUT2D eigenvalue weighted by atomic mass is 14.4. The van der Waals surface area contributed by atoms with Crippen molar-refractivity contribution in [2.75, 3.05) is 0 Å². The summed E-state index contributed by atoms with van der Waals surface area (Å²) in [4.78, 5) is 0. The van der Waals surface area contributed by atoms with Gasteiger partial charge in [0.05, 0.1) is 0 Å². The Bertz CT molecular complexity index is 247. The van der Waals surface area contributed by atoms with Gasteiger partial charge in [0, 0.05) is 0 Å². The molecule has 0 amide bonds. The molecule has 1 saturated carbocycles. The molecular weight excluding hydrogens is 168 g/mol. The Morgan fingerprint density at radius 2 is 2.07 bits per heavy atom. The first kappa shape index (κ1) is 10.3. The minimum atomic E-state index is 0.477. The van der Waals surface area contributed by atoms with Gasteiger partial charge in [-0.05, 0) is 42.4 Å². The first-order valence-corrected chi connectivity index (χ1v) is 6.06. The van der Waals surface area contributed by atoms with E-state index in [1.807, 2.05) is 0 Å². The van der Waals surface area contributed by atoms with Crippen molar-refractivity contribution in [1.82, 2.24) is 0 Å². The fourth-order valence-corrected chi connectivity index (χ4v) is 3.20. The van der Waals surface area contributed by atoms with E-state index in [9.17, 15) is 0 Å². The van der Waals surface area contributed by atoms with Crippen LogP contribution in [0.2, 0.25) is 0 Å². The van der Waals surface area contributed by atoms with E-state index in [1.165, 1.54) is 25.7 Å². The van der Waals surface area contributed by atoms with Gasteiger partial charge in [-0.15, -0.1) is 0 Å². The summed E-state index contributed by atoms with van der Waals surface area (Å²) in [6.07, 6.45) is 8.17. The highest BCUT2D eigenvalue weighted by Crippen LogP contribution is 2.49. The highest BCUT2D eigenvalue weighted by Gasteiger charge is 2.37. The van der Waals surface area contributed by atoms with E-state index in [2.05, 4.69) is 33.8 Å². The van der Waals surface area contributed by atoms with Gasteiger partial charge >= 0.3 is 0 Å². The average molecular weight is 191 g/mol. The smallest absolute Gasteiger partial charge is 0.00268 e. The molecule has 0 saturated heterocycles. The zero-order valence-electron chi connectivity index (χ0n) is 10.1. The minimum absolute atomic E-state index is 0.477. The van der Waals surface area contributed by atoms with Crippen molar-refractivity contribution in [3.05, 3.63) is 17.6 Å². The molecule has 1 radical (unpaired) electrons. The first-order chi connectivity index (χ1) is 6.50. The van der Waals surface area contributed by atoms with Crippen molar-refractivity contribution < 1.29 is 0 Å². The fraction of sp³-hybridized carbons (Fsp3) is 0.786. The Morgan fingerprint density at radius 1 is 1.36 bits per heavy atom.